The molecule has 2 saturated carbocycles. The molecule has 6 nitrogen and oxygen atoms in total. The minimum absolute atomic E-state index is 0.0501. The van der Waals surface area contributed by atoms with Gasteiger partial charge >= 0.3 is 0 Å². The number of nitrogens with one attached hydrogen (secondary N) is 1. The van der Waals surface area contributed by atoms with Gasteiger partial charge in [0.2, 0.25) is 5.91 Å². The molecule has 2 aliphatic carbocycles. The topological polar surface area (TPSA) is 96.3 Å². The van der Waals surface area contributed by atoms with Crippen LogP contribution in [0.2, 0.25) is 10.0 Å². The number of halogens is 2. The molecular formula is C25H26Cl2N2O4S. The normalized spacial score (nSPS) is 23.8. The summed E-state index contributed by atoms with van der Waals surface area (Å²) in [7, 11) is -3.80. The summed E-state index contributed by atoms with van der Waals surface area (Å²) in [5.74, 6) is -1.08. The van der Waals surface area contributed by atoms with E-state index in [4.69, 9.17) is 27.9 Å². The lowest BCUT2D eigenvalue weighted by Gasteiger charge is -2.32. The third-order valence-electron chi connectivity index (χ3n) is 6.69. The Morgan fingerprint density at radius 3 is 2.35 bits per heavy atom. The van der Waals surface area contributed by atoms with Crippen molar-refractivity contribution < 1.29 is 17.9 Å². The van der Waals surface area contributed by atoms with Gasteiger partial charge in [0.05, 0.1) is 38.9 Å². The Balaban J connectivity index is 1.63. The third kappa shape index (κ3) is 4.96. The van der Waals surface area contributed by atoms with Gasteiger partial charge in [-0.3, -0.25) is 4.79 Å². The van der Waals surface area contributed by atoms with Crippen LogP contribution in [0, 0.1) is 17.2 Å². The molecule has 2 aromatic rings. The largest absolute Gasteiger partial charge is 0.367 e. The van der Waals surface area contributed by atoms with Crippen molar-refractivity contribution >= 4 is 38.9 Å². The van der Waals surface area contributed by atoms with Gasteiger partial charge in [-0.15, -0.1) is 0 Å². The highest BCUT2D eigenvalue weighted by molar-refractivity contribution is 7.92. The Labute approximate surface area is 210 Å². The summed E-state index contributed by atoms with van der Waals surface area (Å²) in [6.07, 6.45) is 0.739. The summed E-state index contributed by atoms with van der Waals surface area (Å²) < 4.78 is 33.3. The van der Waals surface area contributed by atoms with Crippen LogP contribution in [0.15, 0.2) is 53.4 Å². The molecule has 2 fully saturated rings. The highest BCUT2D eigenvalue weighted by Crippen LogP contribution is 2.42. The van der Waals surface area contributed by atoms with Gasteiger partial charge in [-0.2, -0.15) is 5.26 Å². The standard InChI is InChI=1S/C25H26Cl2N2O4S/c1-24(2,16-7-9-17(26)10-8-16)33-21-14-18(34(31,32)22-6-4-3-5-20(22)27)13-19(21)23(30)29-25(15-28)11-12-25/h3-10,18-19,21H,11-14H2,1-2H3,(H,29,30)/t18-,19-,21-/m0/s1. The van der Waals surface area contributed by atoms with Gasteiger partial charge < -0.3 is 10.1 Å². The SMILES string of the molecule is CC(C)(O[C@H]1C[C@@H](S(=O)(=O)c2ccccc2Cl)C[C@@H]1C(=O)NC1(C#N)CC1)c1ccc(Cl)cc1. The molecule has 0 heterocycles. The van der Waals surface area contributed by atoms with E-state index in [0.29, 0.717) is 17.9 Å². The Bertz CT molecular complexity index is 1230. The molecule has 3 atom stereocenters. The number of amides is 1. The molecule has 0 saturated heterocycles. The van der Waals surface area contributed by atoms with E-state index < -0.39 is 38.2 Å². The lowest BCUT2D eigenvalue weighted by molar-refractivity contribution is -0.137. The van der Waals surface area contributed by atoms with Crippen molar-refractivity contribution in [3.8, 4) is 6.07 Å². The number of hydrogen-bond acceptors (Lipinski definition) is 5. The fourth-order valence-corrected chi connectivity index (χ4v) is 6.94. The molecule has 1 N–H and O–H groups in total. The van der Waals surface area contributed by atoms with Crippen LogP contribution in [0.1, 0.15) is 45.1 Å². The van der Waals surface area contributed by atoms with Crippen LogP contribution < -0.4 is 5.32 Å². The van der Waals surface area contributed by atoms with E-state index in [1.54, 1.807) is 24.3 Å². The van der Waals surface area contributed by atoms with Crippen LogP contribution in [-0.2, 0) is 25.0 Å². The maximum Gasteiger partial charge on any atom is 0.227 e. The molecule has 34 heavy (non-hydrogen) atoms. The zero-order chi connectivity index (χ0) is 24.7. The fraction of sp³-hybridized carbons (Fsp3) is 0.440. The number of ether oxygens (including phenoxy) is 1. The molecule has 4 rings (SSSR count). The van der Waals surface area contributed by atoms with Gasteiger partial charge in [0.15, 0.2) is 9.84 Å². The molecule has 0 aromatic heterocycles. The van der Waals surface area contributed by atoms with E-state index in [9.17, 15) is 18.5 Å². The van der Waals surface area contributed by atoms with Crippen molar-refractivity contribution in [3.63, 3.8) is 0 Å². The first-order chi connectivity index (χ1) is 16.0. The maximum absolute atomic E-state index is 13.5. The van der Waals surface area contributed by atoms with E-state index in [1.165, 1.54) is 12.1 Å². The average Bonchev–Trinajstić information content (AvgIpc) is 3.43. The van der Waals surface area contributed by atoms with Crippen LogP contribution in [0.5, 0.6) is 0 Å². The minimum atomic E-state index is -3.80. The predicted octanol–water partition coefficient (Wildman–Crippen LogP) is 5.04. The van der Waals surface area contributed by atoms with Crippen LogP contribution in [0.3, 0.4) is 0 Å². The van der Waals surface area contributed by atoms with Gasteiger partial charge in [-0.1, -0.05) is 47.5 Å². The monoisotopic (exact) mass is 520 g/mol. The Morgan fingerprint density at radius 1 is 1.12 bits per heavy atom. The number of carbonyl (C=O) groups excluding carboxylic acids is 1. The van der Waals surface area contributed by atoms with Crippen molar-refractivity contribution in [2.45, 2.75) is 66.9 Å². The number of benzene rings is 2. The van der Waals surface area contributed by atoms with Crippen LogP contribution >= 0.6 is 23.2 Å². The first kappa shape index (κ1) is 25.0. The smallest absolute Gasteiger partial charge is 0.227 e. The van der Waals surface area contributed by atoms with Gasteiger partial charge in [-0.05, 0) is 69.4 Å². The maximum atomic E-state index is 13.5. The zero-order valence-corrected chi connectivity index (χ0v) is 21.3. The molecule has 180 valence electrons. The second-order valence-corrected chi connectivity index (χ2v) is 12.6. The van der Waals surface area contributed by atoms with Crippen molar-refractivity contribution in [1.82, 2.24) is 5.32 Å². The van der Waals surface area contributed by atoms with Gasteiger partial charge in [0.25, 0.3) is 0 Å². The molecule has 2 aromatic carbocycles. The lowest BCUT2D eigenvalue weighted by Crippen LogP contribution is -2.44. The molecule has 9 heteroatoms. The molecule has 0 bridgehead atoms. The van der Waals surface area contributed by atoms with E-state index in [0.717, 1.165) is 5.56 Å². The molecule has 0 spiro atoms. The molecule has 0 unspecified atom stereocenters. The fourth-order valence-electron chi connectivity index (χ4n) is 4.49. The Morgan fingerprint density at radius 2 is 1.76 bits per heavy atom. The van der Waals surface area contributed by atoms with Gasteiger partial charge in [0.1, 0.15) is 5.54 Å². The third-order valence-corrected chi connectivity index (χ3v) is 9.62. The van der Waals surface area contributed by atoms with Crippen LogP contribution in [-0.4, -0.2) is 31.2 Å². The lowest BCUT2D eigenvalue weighted by atomic mass is 9.96. The summed E-state index contributed by atoms with van der Waals surface area (Å²) in [6.45, 7) is 3.75. The predicted molar refractivity (Wildman–Crippen MR) is 130 cm³/mol. The number of hydrogen-bond donors (Lipinski definition) is 1. The Hall–Kier alpha value is -2.11. The molecule has 0 aliphatic heterocycles. The Kier molecular flexibility index (Phi) is 6.73. The van der Waals surface area contributed by atoms with Gasteiger partial charge in [0, 0.05) is 5.02 Å². The zero-order valence-electron chi connectivity index (χ0n) is 18.9. The summed E-state index contributed by atoms with van der Waals surface area (Å²) in [6, 6.07) is 15.7. The van der Waals surface area contributed by atoms with E-state index in [-0.39, 0.29) is 28.7 Å². The summed E-state index contributed by atoms with van der Waals surface area (Å²) >= 11 is 12.2. The molecule has 0 radical (unpaired) electrons. The molecular weight excluding hydrogens is 495 g/mol. The molecule has 1 amide bonds. The van der Waals surface area contributed by atoms with E-state index >= 15 is 0 Å². The average molecular weight is 521 g/mol. The van der Waals surface area contributed by atoms with Crippen LogP contribution in [0.4, 0.5) is 0 Å². The first-order valence-corrected chi connectivity index (χ1v) is 13.4. The number of rotatable bonds is 7. The quantitative estimate of drug-likeness (QED) is 0.551. The van der Waals surface area contributed by atoms with Crippen molar-refractivity contribution in [3.05, 3.63) is 64.1 Å². The first-order valence-electron chi connectivity index (χ1n) is 11.1. The summed E-state index contributed by atoms with van der Waals surface area (Å²) in [5, 5.41) is 12.1. The number of carbonyl (C=O) groups is 1. The van der Waals surface area contributed by atoms with E-state index in [2.05, 4.69) is 11.4 Å². The summed E-state index contributed by atoms with van der Waals surface area (Å²) in [4.78, 5) is 13.3. The highest BCUT2D eigenvalue weighted by Gasteiger charge is 2.51. The second kappa shape index (κ2) is 9.16. The van der Waals surface area contributed by atoms with Crippen molar-refractivity contribution in [1.29, 1.82) is 5.26 Å². The van der Waals surface area contributed by atoms with Crippen molar-refractivity contribution in [2.24, 2.45) is 5.92 Å². The number of nitrogens with zero attached hydrogens (tertiary/aromatic N) is 1. The highest BCUT2D eigenvalue weighted by atomic mass is 35.5. The van der Waals surface area contributed by atoms with Crippen molar-refractivity contribution in [2.75, 3.05) is 0 Å². The summed E-state index contributed by atoms with van der Waals surface area (Å²) in [5.41, 5.74) is -0.805. The molecule has 2 aliphatic rings. The second-order valence-electron chi connectivity index (χ2n) is 9.53. The van der Waals surface area contributed by atoms with Crippen LogP contribution in [0.25, 0.3) is 0 Å². The minimum Gasteiger partial charge on any atom is -0.367 e. The van der Waals surface area contributed by atoms with Gasteiger partial charge in [-0.25, -0.2) is 8.42 Å². The van der Waals surface area contributed by atoms with E-state index in [1.807, 2.05) is 26.0 Å². The number of nitriles is 1. The number of sulfone groups is 1.